The smallest absolute Gasteiger partial charge is 0.0991 e. The van der Waals surface area contributed by atoms with E-state index in [0.29, 0.717) is 11.5 Å². The summed E-state index contributed by atoms with van der Waals surface area (Å²) in [6.07, 6.45) is 3.38. The van der Waals surface area contributed by atoms with Crippen molar-refractivity contribution in [3.63, 3.8) is 0 Å². The Balaban J connectivity index is 1.66. The van der Waals surface area contributed by atoms with Crippen molar-refractivity contribution in [3.8, 4) is 28.5 Å². The van der Waals surface area contributed by atoms with Gasteiger partial charge in [-0.2, -0.15) is 5.26 Å². The molecule has 1 atom stereocenters. The van der Waals surface area contributed by atoms with Gasteiger partial charge in [0.05, 0.1) is 28.4 Å². The Kier molecular flexibility index (Phi) is 4.82. The molecule has 0 amide bonds. The number of rotatable bonds is 4. The van der Waals surface area contributed by atoms with Crippen LogP contribution in [-0.2, 0) is 6.54 Å². The van der Waals surface area contributed by atoms with E-state index in [9.17, 15) is 5.26 Å². The van der Waals surface area contributed by atoms with E-state index in [1.165, 1.54) is 12.0 Å². The van der Waals surface area contributed by atoms with Crippen molar-refractivity contribution >= 4 is 11.0 Å². The summed E-state index contributed by atoms with van der Waals surface area (Å²) in [4.78, 5) is 5.09. The van der Waals surface area contributed by atoms with Crippen LogP contribution in [0.15, 0.2) is 66.9 Å². The highest BCUT2D eigenvalue weighted by molar-refractivity contribution is 5.90. The Morgan fingerprint density at radius 2 is 1.83 bits per heavy atom. The molecule has 0 unspecified atom stereocenters. The van der Waals surface area contributed by atoms with Gasteiger partial charge < -0.3 is 9.88 Å². The second-order valence-corrected chi connectivity index (χ2v) is 8.17. The van der Waals surface area contributed by atoms with Crippen LogP contribution in [0.3, 0.4) is 0 Å². The maximum Gasteiger partial charge on any atom is 0.0991 e. The lowest BCUT2D eigenvalue weighted by atomic mass is 9.97. The van der Waals surface area contributed by atoms with Gasteiger partial charge in [-0.15, -0.1) is 0 Å². The van der Waals surface area contributed by atoms with Gasteiger partial charge >= 0.3 is 0 Å². The van der Waals surface area contributed by atoms with Crippen molar-refractivity contribution in [2.24, 2.45) is 5.92 Å². The minimum Gasteiger partial charge on any atom is -0.346 e. The predicted octanol–water partition coefficient (Wildman–Crippen LogP) is 5.16. The fourth-order valence-electron chi connectivity index (χ4n) is 4.29. The molecular formula is C26H24N4. The summed E-state index contributed by atoms with van der Waals surface area (Å²) in [5, 5.41) is 12.6. The number of nitrogens with one attached hydrogen (secondary N) is 1. The SMILES string of the molecule is Cc1ccc(-c2nc3ccn(C[C@@H]4CCNC4)c3cc2-c2ccc(C#N)cc2)cc1. The molecular weight excluding hydrogens is 368 g/mol. The molecule has 1 aliphatic rings. The molecule has 30 heavy (non-hydrogen) atoms. The number of nitrogens with zero attached hydrogens (tertiary/aromatic N) is 3. The van der Waals surface area contributed by atoms with Gasteiger partial charge in [0, 0.05) is 23.9 Å². The molecule has 0 spiro atoms. The van der Waals surface area contributed by atoms with Crippen LogP contribution >= 0.6 is 0 Å². The number of hydrogen-bond donors (Lipinski definition) is 1. The first-order chi connectivity index (χ1) is 14.7. The molecule has 0 saturated carbocycles. The Labute approximate surface area is 176 Å². The average Bonchev–Trinajstić information content (AvgIpc) is 3.44. The minimum absolute atomic E-state index is 0.663. The molecule has 4 heteroatoms. The zero-order valence-corrected chi connectivity index (χ0v) is 17.1. The number of hydrogen-bond acceptors (Lipinski definition) is 3. The highest BCUT2D eigenvalue weighted by Gasteiger charge is 2.18. The van der Waals surface area contributed by atoms with E-state index >= 15 is 0 Å². The normalized spacial score (nSPS) is 16.1. The van der Waals surface area contributed by atoms with E-state index in [1.54, 1.807) is 0 Å². The molecule has 1 fully saturated rings. The number of nitriles is 1. The van der Waals surface area contributed by atoms with Gasteiger partial charge in [0.1, 0.15) is 0 Å². The first kappa shape index (κ1) is 18.6. The molecule has 0 bridgehead atoms. The third-order valence-electron chi connectivity index (χ3n) is 6.02. The second-order valence-electron chi connectivity index (χ2n) is 8.17. The summed E-state index contributed by atoms with van der Waals surface area (Å²) in [5.74, 6) is 0.663. The van der Waals surface area contributed by atoms with E-state index < -0.39 is 0 Å². The van der Waals surface area contributed by atoms with Crippen molar-refractivity contribution in [3.05, 3.63) is 78.0 Å². The molecule has 2 aromatic carbocycles. The van der Waals surface area contributed by atoms with Crippen LogP contribution in [0.4, 0.5) is 0 Å². The third-order valence-corrected chi connectivity index (χ3v) is 6.02. The summed E-state index contributed by atoms with van der Waals surface area (Å²) in [7, 11) is 0. The van der Waals surface area contributed by atoms with E-state index in [4.69, 9.17) is 4.98 Å². The van der Waals surface area contributed by atoms with Crippen LogP contribution in [0.2, 0.25) is 0 Å². The molecule has 4 nitrogen and oxygen atoms in total. The highest BCUT2D eigenvalue weighted by Crippen LogP contribution is 2.34. The number of aryl methyl sites for hydroxylation is 1. The Morgan fingerprint density at radius 3 is 2.53 bits per heavy atom. The molecule has 0 radical (unpaired) electrons. The van der Waals surface area contributed by atoms with Gasteiger partial charge in [-0.05, 0) is 62.2 Å². The van der Waals surface area contributed by atoms with E-state index in [0.717, 1.165) is 53.1 Å². The average molecular weight is 393 g/mol. The van der Waals surface area contributed by atoms with Crippen LogP contribution in [0.25, 0.3) is 33.4 Å². The molecule has 148 valence electrons. The maximum atomic E-state index is 9.17. The highest BCUT2D eigenvalue weighted by atomic mass is 15.0. The van der Waals surface area contributed by atoms with Crippen LogP contribution in [0, 0.1) is 24.2 Å². The van der Waals surface area contributed by atoms with Crippen molar-refractivity contribution in [2.45, 2.75) is 19.9 Å². The fraction of sp³-hybridized carbons (Fsp3) is 0.231. The second kappa shape index (κ2) is 7.78. The monoisotopic (exact) mass is 392 g/mol. The third kappa shape index (κ3) is 3.49. The van der Waals surface area contributed by atoms with Crippen molar-refractivity contribution in [1.29, 1.82) is 5.26 Å². The summed E-state index contributed by atoms with van der Waals surface area (Å²) >= 11 is 0. The number of fused-ring (bicyclic) bond motifs is 1. The molecule has 3 heterocycles. The van der Waals surface area contributed by atoms with E-state index in [1.807, 2.05) is 24.3 Å². The minimum atomic E-state index is 0.663. The summed E-state index contributed by atoms with van der Waals surface area (Å²) in [6.45, 7) is 5.29. The van der Waals surface area contributed by atoms with Crippen molar-refractivity contribution in [1.82, 2.24) is 14.9 Å². The predicted molar refractivity (Wildman–Crippen MR) is 121 cm³/mol. The molecule has 1 aliphatic heterocycles. The molecule has 1 N–H and O–H groups in total. The van der Waals surface area contributed by atoms with Gasteiger partial charge in [0.25, 0.3) is 0 Å². The van der Waals surface area contributed by atoms with E-state index in [-0.39, 0.29) is 0 Å². The Morgan fingerprint density at radius 1 is 1.07 bits per heavy atom. The van der Waals surface area contributed by atoms with Gasteiger partial charge in [-0.3, -0.25) is 0 Å². The summed E-state index contributed by atoms with van der Waals surface area (Å²) in [6, 6.07) is 22.9. The number of pyridine rings is 1. The Bertz CT molecular complexity index is 1220. The molecule has 2 aromatic heterocycles. The van der Waals surface area contributed by atoms with Gasteiger partial charge in [-0.1, -0.05) is 42.0 Å². The summed E-state index contributed by atoms with van der Waals surface area (Å²) in [5.41, 5.74) is 8.35. The van der Waals surface area contributed by atoms with Crippen LogP contribution in [0.5, 0.6) is 0 Å². The van der Waals surface area contributed by atoms with Crippen LogP contribution in [0.1, 0.15) is 17.5 Å². The topological polar surface area (TPSA) is 53.6 Å². The zero-order chi connectivity index (χ0) is 20.5. The summed E-state index contributed by atoms with van der Waals surface area (Å²) < 4.78 is 2.34. The standard InChI is InChI=1S/C26H24N4/c1-18-2-6-22(7-3-18)26-23(21-8-4-19(15-27)5-9-21)14-25-24(29-26)11-13-30(25)17-20-10-12-28-16-20/h2-9,11,13-14,20,28H,10,12,16-17H2,1H3/t20-/m1/s1. The Hall–Kier alpha value is -3.42. The van der Waals surface area contributed by atoms with Gasteiger partial charge in [-0.25, -0.2) is 4.98 Å². The first-order valence-electron chi connectivity index (χ1n) is 10.5. The quantitative estimate of drug-likeness (QED) is 0.522. The molecule has 1 saturated heterocycles. The first-order valence-corrected chi connectivity index (χ1v) is 10.5. The lowest BCUT2D eigenvalue weighted by molar-refractivity contribution is 0.491. The lowest BCUT2D eigenvalue weighted by Gasteiger charge is -2.14. The van der Waals surface area contributed by atoms with Gasteiger partial charge in [0.15, 0.2) is 0 Å². The number of aromatic nitrogens is 2. The zero-order valence-electron chi connectivity index (χ0n) is 17.1. The van der Waals surface area contributed by atoms with Crippen LogP contribution < -0.4 is 5.32 Å². The lowest BCUT2D eigenvalue weighted by Crippen LogP contribution is -2.14. The number of benzene rings is 2. The molecule has 4 aromatic rings. The van der Waals surface area contributed by atoms with Gasteiger partial charge in [0.2, 0.25) is 0 Å². The van der Waals surface area contributed by atoms with Crippen molar-refractivity contribution < 1.29 is 0 Å². The molecule has 5 rings (SSSR count). The van der Waals surface area contributed by atoms with E-state index in [2.05, 4.69) is 65.5 Å². The maximum absolute atomic E-state index is 9.17. The fourth-order valence-corrected chi connectivity index (χ4v) is 4.29. The van der Waals surface area contributed by atoms with Crippen molar-refractivity contribution in [2.75, 3.05) is 13.1 Å². The molecule has 0 aliphatic carbocycles. The van der Waals surface area contributed by atoms with Crippen LogP contribution in [-0.4, -0.2) is 22.6 Å². The largest absolute Gasteiger partial charge is 0.346 e.